The van der Waals surface area contributed by atoms with Crippen molar-refractivity contribution in [3.05, 3.63) is 53.1 Å². The first kappa shape index (κ1) is 16.4. The van der Waals surface area contributed by atoms with E-state index in [-0.39, 0.29) is 18.5 Å². The van der Waals surface area contributed by atoms with Crippen LogP contribution in [-0.2, 0) is 6.54 Å². The van der Waals surface area contributed by atoms with E-state index >= 15 is 0 Å². The topological polar surface area (TPSA) is 73.9 Å². The van der Waals surface area contributed by atoms with Crippen molar-refractivity contribution in [3.63, 3.8) is 0 Å². The normalized spacial score (nSPS) is 16.6. The zero-order valence-electron chi connectivity index (χ0n) is 14.6. The van der Waals surface area contributed by atoms with E-state index in [1.165, 1.54) is 0 Å². The molecule has 0 unspecified atom stereocenters. The Kier molecular flexibility index (Phi) is 3.83. The molecule has 2 heterocycles. The molecule has 0 saturated carbocycles. The van der Waals surface area contributed by atoms with E-state index in [1.807, 2.05) is 32.0 Å². The first-order valence-corrected chi connectivity index (χ1v) is 8.44. The number of benzene rings is 2. The maximum absolute atomic E-state index is 12.5. The van der Waals surface area contributed by atoms with Gasteiger partial charge < -0.3 is 19.5 Å². The summed E-state index contributed by atoms with van der Waals surface area (Å²) in [6.07, 6.45) is 0.294. The molecule has 0 saturated heterocycles. The van der Waals surface area contributed by atoms with Crippen LogP contribution in [0.3, 0.4) is 0 Å². The minimum atomic E-state index is -0.521. The number of Topliss-reactive ketones (excluding diaryl/α,β-unsaturated/α-hetero) is 1. The van der Waals surface area contributed by atoms with Crippen molar-refractivity contribution in [2.75, 3.05) is 6.79 Å². The minimum Gasteiger partial charge on any atom is -0.487 e. The van der Waals surface area contributed by atoms with Crippen LogP contribution in [0.25, 0.3) is 0 Å². The Balaban J connectivity index is 1.47. The molecule has 2 aromatic rings. The van der Waals surface area contributed by atoms with Gasteiger partial charge >= 0.3 is 0 Å². The van der Waals surface area contributed by atoms with Gasteiger partial charge in [-0.2, -0.15) is 0 Å². The molecule has 0 atom stereocenters. The van der Waals surface area contributed by atoms with Crippen LogP contribution in [0.1, 0.15) is 46.5 Å². The zero-order chi connectivity index (χ0) is 18.3. The van der Waals surface area contributed by atoms with Gasteiger partial charge in [0.25, 0.3) is 5.91 Å². The van der Waals surface area contributed by atoms with Crippen LogP contribution in [-0.4, -0.2) is 24.1 Å². The van der Waals surface area contributed by atoms with Gasteiger partial charge in [-0.3, -0.25) is 9.59 Å². The molecular weight excluding hydrogens is 334 g/mol. The molecule has 6 heteroatoms. The molecule has 0 radical (unpaired) electrons. The van der Waals surface area contributed by atoms with E-state index in [4.69, 9.17) is 14.2 Å². The van der Waals surface area contributed by atoms with E-state index in [2.05, 4.69) is 5.32 Å². The van der Waals surface area contributed by atoms with Gasteiger partial charge in [0, 0.05) is 12.1 Å². The molecule has 0 spiro atoms. The average molecular weight is 353 g/mol. The van der Waals surface area contributed by atoms with Crippen molar-refractivity contribution in [1.82, 2.24) is 5.32 Å². The Hall–Kier alpha value is -3.02. The second kappa shape index (κ2) is 6.05. The van der Waals surface area contributed by atoms with E-state index in [0.717, 1.165) is 5.56 Å². The second-order valence-electron chi connectivity index (χ2n) is 7.04. The van der Waals surface area contributed by atoms with Crippen LogP contribution in [0.4, 0.5) is 0 Å². The molecular formula is C20H19NO5. The number of ketones is 1. The summed E-state index contributed by atoms with van der Waals surface area (Å²) >= 11 is 0. The molecule has 134 valence electrons. The Morgan fingerprint density at radius 2 is 1.85 bits per heavy atom. The number of hydrogen-bond donors (Lipinski definition) is 1. The van der Waals surface area contributed by atoms with Crippen molar-refractivity contribution < 1.29 is 23.8 Å². The van der Waals surface area contributed by atoms with Gasteiger partial charge in [0.1, 0.15) is 11.4 Å². The fourth-order valence-electron chi connectivity index (χ4n) is 3.13. The quantitative estimate of drug-likeness (QED) is 0.918. The third-order valence-electron chi connectivity index (χ3n) is 4.40. The lowest BCUT2D eigenvalue weighted by Crippen LogP contribution is -2.36. The zero-order valence-corrected chi connectivity index (χ0v) is 14.6. The van der Waals surface area contributed by atoms with Gasteiger partial charge in [0.05, 0.1) is 12.0 Å². The first-order chi connectivity index (χ1) is 12.4. The Morgan fingerprint density at radius 1 is 1.08 bits per heavy atom. The van der Waals surface area contributed by atoms with Gasteiger partial charge in [-0.25, -0.2) is 0 Å². The molecule has 6 nitrogen and oxygen atoms in total. The maximum atomic E-state index is 12.5. The summed E-state index contributed by atoms with van der Waals surface area (Å²) in [7, 11) is 0. The average Bonchev–Trinajstić information content (AvgIpc) is 3.06. The van der Waals surface area contributed by atoms with E-state index < -0.39 is 5.60 Å². The van der Waals surface area contributed by atoms with E-state index in [1.54, 1.807) is 18.2 Å². The highest BCUT2D eigenvalue weighted by molar-refractivity contribution is 6.03. The number of amides is 1. The lowest BCUT2D eigenvalue weighted by atomic mass is 9.92. The highest BCUT2D eigenvalue weighted by Gasteiger charge is 2.32. The molecule has 26 heavy (non-hydrogen) atoms. The molecule has 4 rings (SSSR count). The Morgan fingerprint density at radius 3 is 2.69 bits per heavy atom. The highest BCUT2D eigenvalue weighted by atomic mass is 16.7. The fraction of sp³-hybridized carbons (Fsp3) is 0.300. The van der Waals surface area contributed by atoms with Crippen LogP contribution in [0, 0.1) is 0 Å². The third kappa shape index (κ3) is 3.10. The van der Waals surface area contributed by atoms with Crippen LogP contribution >= 0.6 is 0 Å². The van der Waals surface area contributed by atoms with Gasteiger partial charge in [-0.15, -0.1) is 0 Å². The number of rotatable bonds is 3. The summed E-state index contributed by atoms with van der Waals surface area (Å²) < 4.78 is 16.4. The van der Waals surface area contributed by atoms with Gasteiger partial charge in [0.15, 0.2) is 17.3 Å². The molecule has 1 N–H and O–H groups in total. The van der Waals surface area contributed by atoms with Crippen LogP contribution in [0.5, 0.6) is 17.2 Å². The largest absolute Gasteiger partial charge is 0.487 e. The van der Waals surface area contributed by atoms with Gasteiger partial charge in [0.2, 0.25) is 6.79 Å². The first-order valence-electron chi connectivity index (χ1n) is 8.44. The predicted octanol–water partition coefficient (Wildman–Crippen LogP) is 3.09. The van der Waals surface area contributed by atoms with Crippen molar-refractivity contribution in [2.24, 2.45) is 0 Å². The fourth-order valence-corrected chi connectivity index (χ4v) is 3.13. The number of hydrogen-bond acceptors (Lipinski definition) is 5. The van der Waals surface area contributed by atoms with Crippen molar-refractivity contribution in [2.45, 2.75) is 32.4 Å². The lowest BCUT2D eigenvalue weighted by molar-refractivity contribution is 0.0620. The molecule has 2 aromatic carbocycles. The molecule has 0 aromatic heterocycles. The number of carbonyl (C=O) groups is 2. The third-order valence-corrected chi connectivity index (χ3v) is 4.40. The predicted molar refractivity (Wildman–Crippen MR) is 93.8 cm³/mol. The Bertz CT molecular complexity index is 903. The van der Waals surface area contributed by atoms with Crippen molar-refractivity contribution in [3.8, 4) is 17.2 Å². The molecule has 2 aliphatic heterocycles. The summed E-state index contributed by atoms with van der Waals surface area (Å²) in [6.45, 7) is 4.32. The van der Waals surface area contributed by atoms with Crippen LogP contribution in [0.15, 0.2) is 36.4 Å². The summed E-state index contributed by atoms with van der Waals surface area (Å²) in [4.78, 5) is 24.8. The summed E-state index contributed by atoms with van der Waals surface area (Å²) in [6, 6.07) is 10.5. The molecule has 0 fully saturated rings. The second-order valence-corrected chi connectivity index (χ2v) is 7.04. The number of ether oxygens (including phenoxy) is 3. The smallest absolute Gasteiger partial charge is 0.251 e. The minimum absolute atomic E-state index is 0.0123. The van der Waals surface area contributed by atoms with Crippen LogP contribution < -0.4 is 19.5 Å². The van der Waals surface area contributed by atoms with E-state index in [9.17, 15) is 9.59 Å². The molecule has 1 amide bonds. The molecule has 0 bridgehead atoms. The van der Waals surface area contributed by atoms with E-state index in [0.29, 0.717) is 41.3 Å². The molecule has 0 aliphatic carbocycles. The van der Waals surface area contributed by atoms with Crippen molar-refractivity contribution >= 4 is 11.7 Å². The van der Waals surface area contributed by atoms with Gasteiger partial charge in [-0.05, 0) is 49.7 Å². The maximum Gasteiger partial charge on any atom is 0.251 e. The number of carbonyl (C=O) groups excluding carboxylic acids is 2. The van der Waals surface area contributed by atoms with Gasteiger partial charge in [-0.1, -0.05) is 6.07 Å². The summed E-state index contributed by atoms with van der Waals surface area (Å²) in [5.41, 5.74) is 1.27. The summed E-state index contributed by atoms with van der Waals surface area (Å²) in [5.74, 6) is 1.65. The van der Waals surface area contributed by atoms with Crippen molar-refractivity contribution in [1.29, 1.82) is 0 Å². The monoisotopic (exact) mass is 353 g/mol. The lowest BCUT2D eigenvalue weighted by Gasteiger charge is -2.31. The SMILES string of the molecule is CC1(C)CC(=O)c2cc(C(=O)NCc3ccc4c(c3)OCO4)ccc2O1. The number of nitrogens with one attached hydrogen (secondary N) is 1. The molecule has 2 aliphatic rings. The van der Waals surface area contributed by atoms with Crippen LogP contribution in [0.2, 0.25) is 0 Å². The Labute approximate surface area is 151 Å². The highest BCUT2D eigenvalue weighted by Crippen LogP contribution is 2.34. The summed E-state index contributed by atoms with van der Waals surface area (Å²) in [5, 5.41) is 2.86. The number of fused-ring (bicyclic) bond motifs is 2. The standard InChI is InChI=1S/C20H19NO5/c1-20(2)9-15(22)14-8-13(4-6-16(14)26-20)19(23)21-10-12-3-5-17-18(7-12)25-11-24-17/h3-8H,9-11H2,1-2H3,(H,21,23).